The second-order valence-electron chi connectivity index (χ2n) is 10.2. The SMILES string of the molecule is COC(=O)[C@@H]1[C@H](NCc2cc(C(C)C)ccc2OC)[C@H](c2ccccc2)N(C(=O)OCc2ccccc2)[C@@H]1C. The van der Waals surface area contributed by atoms with Gasteiger partial charge in [-0.15, -0.1) is 0 Å². The van der Waals surface area contributed by atoms with E-state index < -0.39 is 30.1 Å². The van der Waals surface area contributed by atoms with Crippen LogP contribution in [0.3, 0.4) is 0 Å². The van der Waals surface area contributed by atoms with Gasteiger partial charge in [-0.1, -0.05) is 86.6 Å². The number of hydrogen-bond acceptors (Lipinski definition) is 6. The Bertz CT molecular complexity index is 1250. The fraction of sp³-hybridized carbons (Fsp3) is 0.375. The monoisotopic (exact) mass is 530 g/mol. The Morgan fingerprint density at radius 3 is 2.23 bits per heavy atom. The fourth-order valence-electron chi connectivity index (χ4n) is 5.43. The number of nitrogens with zero attached hydrogens (tertiary/aromatic N) is 1. The molecule has 1 N–H and O–H groups in total. The van der Waals surface area contributed by atoms with Crippen LogP contribution in [0.15, 0.2) is 78.9 Å². The summed E-state index contributed by atoms with van der Waals surface area (Å²) in [5.41, 5.74) is 3.98. The molecular formula is C32H38N2O5. The Balaban J connectivity index is 1.68. The lowest BCUT2D eigenvalue weighted by molar-refractivity contribution is -0.146. The van der Waals surface area contributed by atoms with Gasteiger partial charge in [0.25, 0.3) is 0 Å². The normalized spacial score (nSPS) is 20.6. The first kappa shape index (κ1) is 28.2. The molecule has 0 unspecified atom stereocenters. The zero-order chi connectivity index (χ0) is 27.9. The molecule has 4 atom stereocenters. The summed E-state index contributed by atoms with van der Waals surface area (Å²) in [6.45, 7) is 6.77. The van der Waals surface area contributed by atoms with Crippen LogP contribution in [-0.2, 0) is 27.4 Å². The number of likely N-dealkylation sites (tertiary alicyclic amines) is 1. The minimum atomic E-state index is -0.608. The van der Waals surface area contributed by atoms with E-state index in [1.54, 1.807) is 12.0 Å². The third kappa shape index (κ3) is 6.25. The van der Waals surface area contributed by atoms with E-state index in [1.165, 1.54) is 12.7 Å². The first-order valence-corrected chi connectivity index (χ1v) is 13.4. The Morgan fingerprint density at radius 1 is 0.949 bits per heavy atom. The van der Waals surface area contributed by atoms with E-state index in [9.17, 15) is 9.59 Å². The minimum Gasteiger partial charge on any atom is -0.496 e. The molecule has 1 aliphatic heterocycles. The van der Waals surface area contributed by atoms with Crippen molar-refractivity contribution in [2.45, 2.75) is 58.0 Å². The fourth-order valence-corrected chi connectivity index (χ4v) is 5.43. The average molecular weight is 531 g/mol. The number of amides is 1. The van der Waals surface area contributed by atoms with Crippen LogP contribution in [0.4, 0.5) is 4.79 Å². The van der Waals surface area contributed by atoms with Crippen molar-refractivity contribution in [3.63, 3.8) is 0 Å². The van der Waals surface area contributed by atoms with Gasteiger partial charge in [-0.3, -0.25) is 9.69 Å². The summed E-state index contributed by atoms with van der Waals surface area (Å²) < 4.78 is 16.7. The van der Waals surface area contributed by atoms with Crippen molar-refractivity contribution in [2.75, 3.05) is 14.2 Å². The summed E-state index contributed by atoms with van der Waals surface area (Å²) in [5, 5.41) is 3.61. The molecule has 1 heterocycles. The van der Waals surface area contributed by atoms with Crippen LogP contribution < -0.4 is 10.1 Å². The second kappa shape index (κ2) is 12.8. The van der Waals surface area contributed by atoms with Crippen LogP contribution in [0.5, 0.6) is 5.75 Å². The smallest absolute Gasteiger partial charge is 0.410 e. The number of carbonyl (C=O) groups is 2. The van der Waals surface area contributed by atoms with E-state index in [-0.39, 0.29) is 12.6 Å². The number of esters is 1. The van der Waals surface area contributed by atoms with Crippen molar-refractivity contribution in [1.29, 1.82) is 0 Å². The summed E-state index contributed by atoms with van der Waals surface area (Å²) in [6.07, 6.45) is -0.474. The van der Waals surface area contributed by atoms with Crippen LogP contribution >= 0.6 is 0 Å². The largest absolute Gasteiger partial charge is 0.496 e. The summed E-state index contributed by atoms with van der Waals surface area (Å²) in [5.74, 6) is 0.143. The lowest BCUT2D eigenvalue weighted by atomic mass is 9.90. The summed E-state index contributed by atoms with van der Waals surface area (Å²) >= 11 is 0. The molecule has 39 heavy (non-hydrogen) atoms. The van der Waals surface area contributed by atoms with Crippen LogP contribution in [0.1, 0.15) is 55.0 Å². The maximum absolute atomic E-state index is 13.6. The number of rotatable bonds is 9. The predicted octanol–water partition coefficient (Wildman–Crippen LogP) is 5.85. The number of methoxy groups -OCH3 is 2. The van der Waals surface area contributed by atoms with Crippen LogP contribution in [0.25, 0.3) is 0 Å². The number of benzene rings is 3. The van der Waals surface area contributed by atoms with Gasteiger partial charge < -0.3 is 19.5 Å². The predicted molar refractivity (Wildman–Crippen MR) is 150 cm³/mol. The molecule has 1 aliphatic rings. The van der Waals surface area contributed by atoms with Gasteiger partial charge in [0, 0.05) is 24.2 Å². The Hall–Kier alpha value is -3.84. The summed E-state index contributed by atoms with van der Waals surface area (Å²) in [7, 11) is 3.04. The van der Waals surface area contributed by atoms with Crippen LogP contribution in [0, 0.1) is 5.92 Å². The topological polar surface area (TPSA) is 77.1 Å². The minimum absolute atomic E-state index is 0.143. The second-order valence-corrected chi connectivity index (χ2v) is 10.2. The van der Waals surface area contributed by atoms with Crippen molar-refractivity contribution >= 4 is 12.1 Å². The molecule has 0 aromatic heterocycles. The molecule has 0 radical (unpaired) electrons. The number of carbonyl (C=O) groups excluding carboxylic acids is 2. The highest BCUT2D eigenvalue weighted by Gasteiger charge is 2.53. The molecule has 3 aromatic rings. The van der Waals surface area contributed by atoms with Crippen LogP contribution in [0.2, 0.25) is 0 Å². The zero-order valence-electron chi connectivity index (χ0n) is 23.3. The van der Waals surface area contributed by atoms with Crippen molar-refractivity contribution < 1.29 is 23.8 Å². The van der Waals surface area contributed by atoms with Crippen molar-refractivity contribution in [1.82, 2.24) is 10.2 Å². The molecule has 3 aromatic carbocycles. The number of ether oxygens (including phenoxy) is 3. The summed E-state index contributed by atoms with van der Waals surface area (Å²) in [6, 6.07) is 24.1. The molecule has 7 nitrogen and oxygen atoms in total. The number of hydrogen-bond donors (Lipinski definition) is 1. The molecule has 0 spiro atoms. The Morgan fingerprint density at radius 2 is 1.62 bits per heavy atom. The maximum atomic E-state index is 13.6. The van der Waals surface area contributed by atoms with Gasteiger partial charge in [0.05, 0.1) is 26.2 Å². The van der Waals surface area contributed by atoms with E-state index in [0.717, 1.165) is 22.4 Å². The van der Waals surface area contributed by atoms with Gasteiger partial charge in [-0.25, -0.2) is 4.79 Å². The Labute approximate surface area is 231 Å². The third-order valence-corrected chi connectivity index (χ3v) is 7.51. The van der Waals surface area contributed by atoms with Gasteiger partial charge in [-0.2, -0.15) is 0 Å². The molecule has 0 aliphatic carbocycles. The molecule has 0 saturated carbocycles. The van der Waals surface area contributed by atoms with Gasteiger partial charge in [-0.05, 0) is 35.6 Å². The van der Waals surface area contributed by atoms with E-state index in [2.05, 4.69) is 31.3 Å². The van der Waals surface area contributed by atoms with E-state index >= 15 is 0 Å². The lowest BCUT2D eigenvalue weighted by Crippen LogP contribution is -2.42. The quantitative estimate of drug-likeness (QED) is 0.350. The van der Waals surface area contributed by atoms with Gasteiger partial charge in [0.15, 0.2) is 0 Å². The van der Waals surface area contributed by atoms with Crippen molar-refractivity contribution in [2.24, 2.45) is 5.92 Å². The maximum Gasteiger partial charge on any atom is 0.410 e. The molecule has 4 rings (SSSR count). The average Bonchev–Trinajstić information content (AvgIpc) is 3.26. The molecule has 1 fully saturated rings. The Kier molecular flexibility index (Phi) is 9.25. The molecule has 0 bridgehead atoms. The number of nitrogens with one attached hydrogen (secondary N) is 1. The van der Waals surface area contributed by atoms with E-state index in [0.29, 0.717) is 12.5 Å². The highest BCUT2D eigenvalue weighted by atomic mass is 16.6. The van der Waals surface area contributed by atoms with Gasteiger partial charge in [0.1, 0.15) is 12.4 Å². The zero-order valence-corrected chi connectivity index (χ0v) is 23.3. The molecule has 206 valence electrons. The van der Waals surface area contributed by atoms with E-state index in [1.807, 2.05) is 73.7 Å². The highest BCUT2D eigenvalue weighted by Crippen LogP contribution is 2.42. The first-order chi connectivity index (χ1) is 18.8. The standard InChI is InChI=1S/C32H38N2O5/c1-21(2)25-16-17-27(37-4)26(18-25)19-33-29-28(31(35)38-5)22(3)34(30(29)24-14-10-7-11-15-24)32(36)39-20-23-12-8-6-9-13-23/h6-18,21-22,28-30,33H,19-20H2,1-5H3/t22-,28+,29+,30+/m1/s1. The summed E-state index contributed by atoms with van der Waals surface area (Å²) in [4.78, 5) is 28.5. The van der Waals surface area contributed by atoms with Gasteiger partial charge >= 0.3 is 12.1 Å². The van der Waals surface area contributed by atoms with Crippen molar-refractivity contribution in [3.8, 4) is 5.75 Å². The van der Waals surface area contributed by atoms with Gasteiger partial charge in [0.2, 0.25) is 0 Å². The van der Waals surface area contributed by atoms with Crippen LogP contribution in [-0.4, -0.2) is 43.3 Å². The first-order valence-electron chi connectivity index (χ1n) is 13.4. The lowest BCUT2D eigenvalue weighted by Gasteiger charge is -2.30. The van der Waals surface area contributed by atoms with E-state index in [4.69, 9.17) is 14.2 Å². The van der Waals surface area contributed by atoms with Crippen molar-refractivity contribution in [3.05, 3.63) is 101 Å². The molecule has 7 heteroatoms. The molecule has 1 saturated heterocycles. The molecule has 1 amide bonds. The third-order valence-electron chi connectivity index (χ3n) is 7.51. The highest BCUT2D eigenvalue weighted by molar-refractivity contribution is 5.78. The molecular weight excluding hydrogens is 492 g/mol.